The number of rotatable bonds is 2. The van der Waals surface area contributed by atoms with Crippen LogP contribution in [0.1, 0.15) is 63.7 Å². The smallest absolute Gasteiger partial charge is 0.399 e. The standard InChI is InChI=1S/C22H30BN3O2/c1-21(2)22(3,4)28-23(27-21)15-9-10-16-14(13-15)8-11-17-19(16)25-20(24-17)18-7-6-12-26(18)5/h9-10,13,18H,6-8,11-12H2,1-5H3,(H,24,25). The highest BCUT2D eigenvalue weighted by Gasteiger charge is 2.51. The second-order valence-electron chi connectivity index (χ2n) is 9.59. The Balaban J connectivity index is 1.46. The van der Waals surface area contributed by atoms with Crippen LogP contribution in [0, 0.1) is 0 Å². The van der Waals surface area contributed by atoms with Crippen LogP contribution >= 0.6 is 0 Å². The van der Waals surface area contributed by atoms with Gasteiger partial charge in [-0.1, -0.05) is 18.2 Å². The molecule has 148 valence electrons. The maximum Gasteiger partial charge on any atom is 0.494 e. The monoisotopic (exact) mass is 379 g/mol. The van der Waals surface area contributed by atoms with Crippen molar-refractivity contribution in [1.29, 1.82) is 0 Å². The molecule has 1 unspecified atom stereocenters. The molecule has 3 aliphatic rings. The number of nitrogens with zero attached hydrogens (tertiary/aromatic N) is 2. The Labute approximate surface area is 168 Å². The quantitative estimate of drug-likeness (QED) is 0.814. The van der Waals surface area contributed by atoms with Crippen molar-refractivity contribution in [3.8, 4) is 11.3 Å². The summed E-state index contributed by atoms with van der Waals surface area (Å²) in [4.78, 5) is 11.1. The first-order valence-corrected chi connectivity index (χ1v) is 10.5. The summed E-state index contributed by atoms with van der Waals surface area (Å²) in [5.41, 5.74) is 5.49. The minimum atomic E-state index is -0.314. The van der Waals surface area contributed by atoms with Gasteiger partial charge in [0.05, 0.1) is 22.9 Å². The van der Waals surface area contributed by atoms with Gasteiger partial charge >= 0.3 is 7.12 Å². The van der Waals surface area contributed by atoms with Gasteiger partial charge in [0.2, 0.25) is 0 Å². The van der Waals surface area contributed by atoms with Gasteiger partial charge in [-0.05, 0) is 78.0 Å². The number of imidazole rings is 1. The summed E-state index contributed by atoms with van der Waals surface area (Å²) in [5, 5.41) is 0. The van der Waals surface area contributed by atoms with E-state index in [1.165, 1.54) is 29.7 Å². The molecular weight excluding hydrogens is 349 g/mol. The Morgan fingerprint density at radius 2 is 1.89 bits per heavy atom. The molecule has 0 radical (unpaired) electrons. The van der Waals surface area contributed by atoms with Crippen molar-refractivity contribution in [3.63, 3.8) is 0 Å². The van der Waals surface area contributed by atoms with Gasteiger partial charge in [0.15, 0.2) is 0 Å². The van der Waals surface area contributed by atoms with Gasteiger partial charge in [0.1, 0.15) is 5.82 Å². The molecule has 0 saturated carbocycles. The van der Waals surface area contributed by atoms with E-state index in [0.29, 0.717) is 6.04 Å². The van der Waals surface area contributed by atoms with Gasteiger partial charge in [-0.25, -0.2) is 4.98 Å². The van der Waals surface area contributed by atoms with Crippen molar-refractivity contribution in [3.05, 3.63) is 35.3 Å². The molecule has 1 atom stereocenters. The molecule has 6 heteroatoms. The van der Waals surface area contributed by atoms with Crippen molar-refractivity contribution in [2.24, 2.45) is 0 Å². The Bertz CT molecular complexity index is 905. The second-order valence-corrected chi connectivity index (χ2v) is 9.59. The van der Waals surface area contributed by atoms with Crippen LogP contribution in [0.4, 0.5) is 0 Å². The molecule has 2 saturated heterocycles. The molecule has 1 N–H and O–H groups in total. The fourth-order valence-electron chi connectivity index (χ4n) is 4.68. The highest BCUT2D eigenvalue weighted by molar-refractivity contribution is 6.62. The molecular formula is C22H30BN3O2. The Kier molecular flexibility index (Phi) is 4.07. The summed E-state index contributed by atoms with van der Waals surface area (Å²) < 4.78 is 12.5. The number of aromatic amines is 1. The summed E-state index contributed by atoms with van der Waals surface area (Å²) in [6.07, 6.45) is 4.48. The second kappa shape index (κ2) is 6.18. The summed E-state index contributed by atoms with van der Waals surface area (Å²) >= 11 is 0. The van der Waals surface area contributed by atoms with Crippen LogP contribution < -0.4 is 5.46 Å². The van der Waals surface area contributed by atoms with Gasteiger partial charge in [-0.15, -0.1) is 0 Å². The number of aryl methyl sites for hydroxylation is 2. The number of H-pyrrole nitrogens is 1. The Morgan fingerprint density at radius 1 is 1.14 bits per heavy atom. The highest BCUT2D eigenvalue weighted by Crippen LogP contribution is 2.38. The summed E-state index contributed by atoms with van der Waals surface area (Å²) in [7, 11) is 1.89. The van der Waals surface area contributed by atoms with Crippen molar-refractivity contribution < 1.29 is 9.31 Å². The Hall–Kier alpha value is -1.63. The van der Waals surface area contributed by atoms with Crippen LogP contribution in [0.5, 0.6) is 0 Å². The SMILES string of the molecule is CN1CCCC1c1nc2c([nH]1)CCc1cc(B3OC(C)(C)C(C)(C)O3)ccc1-2. The maximum absolute atomic E-state index is 6.24. The predicted molar refractivity (Wildman–Crippen MR) is 112 cm³/mol. The molecule has 1 aromatic carbocycles. The van der Waals surface area contributed by atoms with Gasteiger partial charge in [-0.2, -0.15) is 0 Å². The first-order valence-electron chi connectivity index (χ1n) is 10.5. The van der Waals surface area contributed by atoms with Gasteiger partial charge in [0.25, 0.3) is 0 Å². The van der Waals surface area contributed by atoms with Crippen molar-refractivity contribution in [2.45, 2.75) is 70.6 Å². The number of hydrogen-bond donors (Lipinski definition) is 1. The lowest BCUT2D eigenvalue weighted by molar-refractivity contribution is 0.00578. The molecule has 0 amide bonds. The van der Waals surface area contributed by atoms with E-state index < -0.39 is 0 Å². The average molecular weight is 379 g/mol. The van der Waals surface area contributed by atoms with E-state index in [4.69, 9.17) is 14.3 Å². The predicted octanol–water partition coefficient (Wildman–Crippen LogP) is 3.24. The zero-order valence-corrected chi connectivity index (χ0v) is 17.6. The highest BCUT2D eigenvalue weighted by atomic mass is 16.7. The van der Waals surface area contributed by atoms with Crippen LogP contribution in [0.2, 0.25) is 0 Å². The number of likely N-dealkylation sites (tertiary alicyclic amines) is 1. The number of benzene rings is 1. The molecule has 5 rings (SSSR count). The van der Waals surface area contributed by atoms with Crippen LogP contribution in [-0.2, 0) is 22.2 Å². The summed E-state index contributed by atoms with van der Waals surface area (Å²) in [6, 6.07) is 7.04. The lowest BCUT2D eigenvalue weighted by Gasteiger charge is -2.32. The van der Waals surface area contributed by atoms with Crippen LogP contribution in [0.3, 0.4) is 0 Å². The molecule has 28 heavy (non-hydrogen) atoms. The lowest BCUT2D eigenvalue weighted by atomic mass is 9.76. The number of nitrogens with one attached hydrogen (secondary N) is 1. The van der Waals surface area contributed by atoms with Crippen LogP contribution in [0.15, 0.2) is 18.2 Å². The van der Waals surface area contributed by atoms with E-state index in [0.717, 1.165) is 36.4 Å². The van der Waals surface area contributed by atoms with Gasteiger partial charge in [0, 0.05) is 11.3 Å². The first kappa shape index (κ1) is 18.4. The van der Waals surface area contributed by atoms with Gasteiger partial charge in [-0.3, -0.25) is 4.90 Å². The lowest BCUT2D eigenvalue weighted by Crippen LogP contribution is -2.41. The summed E-state index contributed by atoms with van der Waals surface area (Å²) in [6.45, 7) is 9.56. The molecule has 5 nitrogen and oxygen atoms in total. The molecule has 3 heterocycles. The number of fused-ring (bicyclic) bond motifs is 3. The topological polar surface area (TPSA) is 50.4 Å². The molecule has 1 aromatic heterocycles. The van der Waals surface area contributed by atoms with E-state index in [1.807, 2.05) is 0 Å². The van der Waals surface area contributed by atoms with Crippen LogP contribution in [0.25, 0.3) is 11.3 Å². The van der Waals surface area contributed by atoms with Crippen molar-refractivity contribution in [2.75, 3.05) is 13.6 Å². The fraction of sp³-hybridized carbons (Fsp3) is 0.591. The molecule has 0 spiro atoms. The van der Waals surface area contributed by atoms with E-state index in [1.54, 1.807) is 0 Å². The molecule has 2 aromatic rings. The third-order valence-corrected chi connectivity index (χ3v) is 7.19. The molecule has 1 aliphatic carbocycles. The van der Waals surface area contributed by atoms with E-state index in [2.05, 4.69) is 62.8 Å². The molecule has 2 fully saturated rings. The Morgan fingerprint density at radius 3 is 2.57 bits per heavy atom. The number of aromatic nitrogens is 2. The normalized spacial score (nSPS) is 25.8. The minimum Gasteiger partial charge on any atom is -0.399 e. The third kappa shape index (κ3) is 2.77. The fourth-order valence-corrected chi connectivity index (χ4v) is 4.68. The van der Waals surface area contributed by atoms with Crippen molar-refractivity contribution in [1.82, 2.24) is 14.9 Å². The van der Waals surface area contributed by atoms with Gasteiger partial charge < -0.3 is 14.3 Å². The first-order chi connectivity index (χ1) is 13.2. The largest absolute Gasteiger partial charge is 0.494 e. The van der Waals surface area contributed by atoms with E-state index in [-0.39, 0.29) is 18.3 Å². The average Bonchev–Trinajstić information content (AvgIpc) is 3.30. The zero-order chi connectivity index (χ0) is 19.7. The number of hydrogen-bond acceptors (Lipinski definition) is 4. The maximum atomic E-state index is 6.24. The third-order valence-electron chi connectivity index (χ3n) is 7.19. The van der Waals surface area contributed by atoms with E-state index >= 15 is 0 Å². The zero-order valence-electron chi connectivity index (χ0n) is 17.6. The van der Waals surface area contributed by atoms with Crippen molar-refractivity contribution >= 4 is 12.6 Å². The van der Waals surface area contributed by atoms with E-state index in [9.17, 15) is 0 Å². The molecule has 0 bridgehead atoms. The minimum absolute atomic E-state index is 0.307. The summed E-state index contributed by atoms with van der Waals surface area (Å²) in [5.74, 6) is 1.13. The van der Waals surface area contributed by atoms with Crippen LogP contribution in [-0.4, -0.2) is 46.8 Å². The molecule has 2 aliphatic heterocycles.